The molecule has 1 aromatic carbocycles. The van der Waals surface area contributed by atoms with E-state index in [1.54, 1.807) is 11.8 Å². The molecule has 4 aliphatic rings. The highest BCUT2D eigenvalue weighted by Crippen LogP contribution is 2.42. The molecule has 0 radical (unpaired) electrons. The monoisotopic (exact) mass is 366 g/mol. The minimum Gasteiger partial charge on any atom is -0.364 e. The Morgan fingerprint density at radius 3 is 2.88 bits per heavy atom. The number of benzene rings is 1. The SMILES string of the molecule is N#CN1[C@H]2CC[C@@H]1[C@H](NC(=O)C1=CSC(c3cccc(C4CC4)c3)N1)C2. The van der Waals surface area contributed by atoms with E-state index in [-0.39, 0.29) is 23.4 Å². The van der Waals surface area contributed by atoms with Crippen molar-refractivity contribution < 1.29 is 4.79 Å². The normalized spacial score (nSPS) is 32.1. The van der Waals surface area contributed by atoms with Gasteiger partial charge in [0.2, 0.25) is 0 Å². The third-order valence-corrected chi connectivity index (χ3v) is 7.12. The summed E-state index contributed by atoms with van der Waals surface area (Å²) in [7, 11) is 0. The Kier molecular flexibility index (Phi) is 3.86. The minimum atomic E-state index is -0.0474. The van der Waals surface area contributed by atoms with E-state index < -0.39 is 0 Å². The van der Waals surface area contributed by atoms with Crippen molar-refractivity contribution in [2.24, 2.45) is 0 Å². The number of carbonyl (C=O) groups excluding carboxylic acids is 1. The fraction of sp³-hybridized carbons (Fsp3) is 0.500. The molecular weight excluding hydrogens is 344 g/mol. The molecule has 2 saturated heterocycles. The van der Waals surface area contributed by atoms with Crippen LogP contribution in [-0.4, -0.2) is 28.9 Å². The zero-order valence-electron chi connectivity index (χ0n) is 14.5. The molecular formula is C20H22N4OS. The highest BCUT2D eigenvalue weighted by atomic mass is 32.2. The number of nitrogens with zero attached hydrogens (tertiary/aromatic N) is 2. The molecule has 1 saturated carbocycles. The highest BCUT2D eigenvalue weighted by molar-refractivity contribution is 8.02. The molecule has 3 fully saturated rings. The molecule has 5 nitrogen and oxygen atoms in total. The molecule has 26 heavy (non-hydrogen) atoms. The van der Waals surface area contributed by atoms with Gasteiger partial charge in [0.25, 0.3) is 5.91 Å². The molecule has 1 aromatic rings. The first-order chi connectivity index (χ1) is 12.7. The van der Waals surface area contributed by atoms with Crippen molar-refractivity contribution in [3.8, 4) is 6.19 Å². The number of thioether (sulfide) groups is 1. The van der Waals surface area contributed by atoms with Crippen LogP contribution in [0.2, 0.25) is 0 Å². The standard InChI is InChI=1S/C20H22N4OS/c21-11-24-15-6-7-18(24)16(9-15)22-19(25)17-10-26-20(23-17)14-3-1-2-13(8-14)12-4-5-12/h1-3,8,10,12,15-16,18,20,23H,4-7,9H2,(H,22,25)/t15-,16+,18+,20?/m0/s1. The summed E-state index contributed by atoms with van der Waals surface area (Å²) in [4.78, 5) is 14.6. The number of nitrogens with one attached hydrogen (secondary N) is 2. The molecule has 0 aromatic heterocycles. The second kappa shape index (κ2) is 6.24. The lowest BCUT2D eigenvalue weighted by atomic mass is 9.95. The van der Waals surface area contributed by atoms with Gasteiger partial charge in [0.05, 0.1) is 12.1 Å². The summed E-state index contributed by atoms with van der Waals surface area (Å²) in [6.45, 7) is 0. The van der Waals surface area contributed by atoms with Crippen LogP contribution in [0.15, 0.2) is 35.4 Å². The molecule has 2 N–H and O–H groups in total. The van der Waals surface area contributed by atoms with E-state index in [1.165, 1.54) is 24.0 Å². The van der Waals surface area contributed by atoms with Gasteiger partial charge in [0.15, 0.2) is 6.19 Å². The molecule has 4 atom stereocenters. The average Bonchev–Trinajstić information content (AvgIpc) is 3.13. The van der Waals surface area contributed by atoms with Crippen molar-refractivity contribution >= 4 is 17.7 Å². The van der Waals surface area contributed by atoms with Crippen LogP contribution in [0.4, 0.5) is 0 Å². The van der Waals surface area contributed by atoms with Crippen molar-refractivity contribution in [2.45, 2.75) is 61.5 Å². The average molecular weight is 366 g/mol. The third-order valence-electron chi connectivity index (χ3n) is 6.08. The topological polar surface area (TPSA) is 68.2 Å². The van der Waals surface area contributed by atoms with E-state index in [0.717, 1.165) is 25.2 Å². The molecule has 3 heterocycles. The second-order valence-corrected chi connectivity index (χ2v) is 8.74. The van der Waals surface area contributed by atoms with Gasteiger partial charge in [-0.15, -0.1) is 11.8 Å². The molecule has 5 rings (SSSR count). The quantitative estimate of drug-likeness (QED) is 0.802. The van der Waals surface area contributed by atoms with Crippen LogP contribution in [0.5, 0.6) is 0 Å². The predicted octanol–water partition coefficient (Wildman–Crippen LogP) is 2.94. The molecule has 134 valence electrons. The van der Waals surface area contributed by atoms with Crippen molar-refractivity contribution in [1.29, 1.82) is 5.26 Å². The number of nitriles is 1. The summed E-state index contributed by atoms with van der Waals surface area (Å²) in [5.74, 6) is 0.687. The summed E-state index contributed by atoms with van der Waals surface area (Å²) in [6, 6.07) is 9.31. The van der Waals surface area contributed by atoms with Gasteiger partial charge in [-0.25, -0.2) is 0 Å². The van der Waals surface area contributed by atoms with E-state index >= 15 is 0 Å². The van der Waals surface area contributed by atoms with Crippen LogP contribution < -0.4 is 10.6 Å². The lowest BCUT2D eigenvalue weighted by Gasteiger charge is -2.22. The van der Waals surface area contributed by atoms with Crippen LogP contribution in [0, 0.1) is 11.5 Å². The highest BCUT2D eigenvalue weighted by Gasteiger charge is 2.46. The van der Waals surface area contributed by atoms with E-state index in [4.69, 9.17) is 0 Å². The zero-order chi connectivity index (χ0) is 17.7. The van der Waals surface area contributed by atoms with Gasteiger partial charge in [-0.05, 0) is 49.1 Å². The van der Waals surface area contributed by atoms with Crippen LogP contribution in [0.1, 0.15) is 54.5 Å². The Morgan fingerprint density at radius 1 is 1.27 bits per heavy atom. The summed E-state index contributed by atoms with van der Waals surface area (Å²) in [5, 5.41) is 17.8. The van der Waals surface area contributed by atoms with Crippen molar-refractivity contribution in [3.63, 3.8) is 0 Å². The smallest absolute Gasteiger partial charge is 0.268 e. The molecule has 1 amide bonds. The van der Waals surface area contributed by atoms with Crippen molar-refractivity contribution in [2.75, 3.05) is 0 Å². The van der Waals surface area contributed by atoms with Crippen LogP contribution >= 0.6 is 11.8 Å². The maximum atomic E-state index is 12.7. The molecule has 6 heteroatoms. The fourth-order valence-corrected chi connectivity index (χ4v) is 5.51. The van der Waals surface area contributed by atoms with Gasteiger partial charge >= 0.3 is 0 Å². The largest absolute Gasteiger partial charge is 0.364 e. The summed E-state index contributed by atoms with van der Waals surface area (Å²) in [5.41, 5.74) is 3.29. The summed E-state index contributed by atoms with van der Waals surface area (Å²) in [6.07, 6.45) is 7.84. The van der Waals surface area contributed by atoms with Gasteiger partial charge in [0.1, 0.15) is 11.1 Å². The van der Waals surface area contributed by atoms with Gasteiger partial charge in [0, 0.05) is 11.4 Å². The maximum absolute atomic E-state index is 12.7. The van der Waals surface area contributed by atoms with Crippen molar-refractivity contribution in [3.05, 3.63) is 46.5 Å². The van der Waals surface area contributed by atoms with E-state index in [1.807, 2.05) is 10.3 Å². The summed E-state index contributed by atoms with van der Waals surface area (Å²) >= 11 is 1.65. The van der Waals surface area contributed by atoms with Gasteiger partial charge in [-0.1, -0.05) is 24.3 Å². The zero-order valence-corrected chi connectivity index (χ0v) is 15.3. The lowest BCUT2D eigenvalue weighted by Crippen LogP contribution is -2.45. The fourth-order valence-electron chi connectivity index (χ4n) is 4.56. The first-order valence-electron chi connectivity index (χ1n) is 9.44. The summed E-state index contributed by atoms with van der Waals surface area (Å²) < 4.78 is 0. The van der Waals surface area contributed by atoms with E-state index in [9.17, 15) is 10.1 Å². The Morgan fingerprint density at radius 2 is 2.12 bits per heavy atom. The molecule has 1 aliphatic carbocycles. The minimum absolute atomic E-state index is 0.0474. The lowest BCUT2D eigenvalue weighted by molar-refractivity contribution is -0.118. The van der Waals surface area contributed by atoms with E-state index in [2.05, 4.69) is 41.1 Å². The number of hydrogen-bond donors (Lipinski definition) is 2. The number of carbonyl (C=O) groups is 1. The number of fused-ring (bicyclic) bond motifs is 2. The molecule has 2 bridgehead atoms. The Bertz CT molecular complexity index is 812. The Hall–Kier alpha value is -2.13. The maximum Gasteiger partial charge on any atom is 0.268 e. The predicted molar refractivity (Wildman–Crippen MR) is 101 cm³/mol. The van der Waals surface area contributed by atoms with Crippen LogP contribution in [0.25, 0.3) is 0 Å². The number of amides is 1. The van der Waals surface area contributed by atoms with Gasteiger partial charge in [-0.3, -0.25) is 4.79 Å². The van der Waals surface area contributed by atoms with Crippen LogP contribution in [-0.2, 0) is 4.79 Å². The molecule has 3 aliphatic heterocycles. The van der Waals surface area contributed by atoms with Gasteiger partial charge < -0.3 is 15.5 Å². The number of rotatable bonds is 4. The van der Waals surface area contributed by atoms with Crippen LogP contribution in [0.3, 0.4) is 0 Å². The molecule has 0 spiro atoms. The first kappa shape index (κ1) is 16.1. The first-order valence-corrected chi connectivity index (χ1v) is 10.4. The Balaban J connectivity index is 1.21. The Labute approximate surface area is 157 Å². The van der Waals surface area contributed by atoms with E-state index in [0.29, 0.717) is 11.7 Å². The third kappa shape index (κ3) is 2.75. The van der Waals surface area contributed by atoms with Crippen molar-refractivity contribution in [1.82, 2.24) is 15.5 Å². The van der Waals surface area contributed by atoms with Gasteiger partial charge in [-0.2, -0.15) is 5.26 Å². The molecule has 1 unspecified atom stereocenters. The number of hydrogen-bond acceptors (Lipinski definition) is 5. The second-order valence-electron chi connectivity index (χ2n) is 7.76.